The third kappa shape index (κ3) is 2.94. The number of halogens is 1. The minimum Gasteiger partial charge on any atom is -0.393 e. The van der Waals surface area contributed by atoms with Crippen LogP contribution in [0, 0.1) is 18.2 Å². The van der Waals surface area contributed by atoms with Crippen molar-refractivity contribution in [2.24, 2.45) is 11.1 Å². The topological polar surface area (TPSA) is 69.4 Å². The summed E-state index contributed by atoms with van der Waals surface area (Å²) in [6.07, 6.45) is 0. The van der Waals surface area contributed by atoms with Crippen LogP contribution in [0.15, 0.2) is 53.4 Å². The van der Waals surface area contributed by atoms with Gasteiger partial charge in [-0.2, -0.15) is 0 Å². The Labute approximate surface area is 158 Å². The summed E-state index contributed by atoms with van der Waals surface area (Å²) in [7, 11) is -2.27. The molecule has 0 aliphatic heterocycles. The number of thiocarbonyl (C=S) groups is 1. The fourth-order valence-corrected chi connectivity index (χ4v) is 6.45. The van der Waals surface area contributed by atoms with Crippen molar-refractivity contribution in [3.8, 4) is 0 Å². The van der Waals surface area contributed by atoms with Gasteiger partial charge in [0, 0.05) is 13.0 Å². The molecule has 0 spiro atoms. The summed E-state index contributed by atoms with van der Waals surface area (Å²) in [5.41, 5.74) is 6.42. The van der Waals surface area contributed by atoms with Gasteiger partial charge in [-0.25, -0.2) is 12.8 Å². The zero-order chi connectivity index (χ0) is 19.1. The van der Waals surface area contributed by atoms with Crippen LogP contribution in [0.5, 0.6) is 0 Å². The van der Waals surface area contributed by atoms with Crippen molar-refractivity contribution in [3.05, 3.63) is 65.5 Å². The van der Waals surface area contributed by atoms with Crippen molar-refractivity contribution >= 4 is 27.0 Å². The first-order valence-corrected chi connectivity index (χ1v) is 10.1. The lowest BCUT2D eigenvalue weighted by molar-refractivity contribution is 0.166. The molecule has 1 fully saturated rings. The van der Waals surface area contributed by atoms with E-state index in [0.717, 1.165) is 5.56 Å². The Morgan fingerprint density at radius 2 is 1.92 bits per heavy atom. The number of hydrogen-bond acceptors (Lipinski definition) is 4. The molecule has 26 heavy (non-hydrogen) atoms. The second kappa shape index (κ2) is 6.72. The molecule has 0 heterocycles. The number of rotatable bonds is 6. The van der Waals surface area contributed by atoms with Crippen LogP contribution < -0.4 is 5.73 Å². The van der Waals surface area contributed by atoms with Crippen molar-refractivity contribution in [1.82, 2.24) is 0 Å². The molecular weight excluding hydrogens is 373 g/mol. The van der Waals surface area contributed by atoms with Gasteiger partial charge < -0.3 is 10.5 Å². The summed E-state index contributed by atoms with van der Waals surface area (Å²) < 4.78 is 45.6. The number of aryl methyl sites for hydroxylation is 1. The second-order valence-corrected chi connectivity index (χ2v) is 9.16. The van der Waals surface area contributed by atoms with Gasteiger partial charge in [-0.1, -0.05) is 42.0 Å². The van der Waals surface area contributed by atoms with Gasteiger partial charge in [-0.15, -0.1) is 0 Å². The highest BCUT2D eigenvalue weighted by molar-refractivity contribution is 7.92. The van der Waals surface area contributed by atoms with Crippen LogP contribution in [0.2, 0.25) is 0 Å². The summed E-state index contributed by atoms with van der Waals surface area (Å²) in [4.78, 5) is 0.262. The molecule has 4 nitrogen and oxygen atoms in total. The van der Waals surface area contributed by atoms with Crippen LogP contribution in [0.1, 0.15) is 17.0 Å². The summed E-state index contributed by atoms with van der Waals surface area (Å²) in [5, 5.41) is -0.892. The van der Waals surface area contributed by atoms with E-state index < -0.39 is 32.2 Å². The van der Waals surface area contributed by atoms with Gasteiger partial charge in [0.2, 0.25) is 0 Å². The zero-order valence-corrected chi connectivity index (χ0v) is 16.1. The van der Waals surface area contributed by atoms with E-state index >= 15 is 0 Å². The molecule has 1 aliphatic rings. The minimum atomic E-state index is -3.74. The van der Waals surface area contributed by atoms with Gasteiger partial charge in [0.25, 0.3) is 0 Å². The van der Waals surface area contributed by atoms with Crippen LogP contribution in [-0.2, 0) is 14.6 Å². The Kier molecular flexibility index (Phi) is 4.90. The molecule has 1 aliphatic carbocycles. The maximum Gasteiger partial charge on any atom is 0.182 e. The molecule has 0 amide bonds. The number of benzene rings is 2. The Bertz CT molecular complexity index is 944. The van der Waals surface area contributed by atoms with E-state index in [9.17, 15) is 12.8 Å². The molecule has 0 bridgehead atoms. The molecule has 0 saturated heterocycles. The van der Waals surface area contributed by atoms with E-state index in [-0.39, 0.29) is 16.5 Å². The average Bonchev–Trinajstić information content (AvgIpc) is 3.27. The van der Waals surface area contributed by atoms with Crippen LogP contribution in [0.25, 0.3) is 0 Å². The lowest BCUT2D eigenvalue weighted by Gasteiger charge is -2.16. The van der Waals surface area contributed by atoms with Gasteiger partial charge in [-0.3, -0.25) is 0 Å². The second-order valence-electron chi connectivity index (χ2n) is 6.65. The smallest absolute Gasteiger partial charge is 0.182 e. The highest BCUT2D eigenvalue weighted by atomic mass is 32.2. The molecule has 0 radical (unpaired) electrons. The molecule has 1 saturated carbocycles. The first-order chi connectivity index (χ1) is 12.2. The molecule has 3 rings (SSSR count). The maximum absolute atomic E-state index is 13.7. The fraction of sp³-hybridized carbons (Fsp3) is 0.316. The molecule has 7 heteroatoms. The highest BCUT2D eigenvalue weighted by Crippen LogP contribution is 2.64. The molecule has 2 aromatic carbocycles. The Hall–Kier alpha value is -1.83. The predicted octanol–water partition coefficient (Wildman–Crippen LogP) is 2.99. The number of methoxy groups -OCH3 is 1. The Balaban J connectivity index is 2.13. The van der Waals surface area contributed by atoms with Crippen LogP contribution >= 0.6 is 12.2 Å². The lowest BCUT2D eigenvalue weighted by atomic mass is 10.00. The van der Waals surface area contributed by atoms with E-state index in [1.165, 1.54) is 19.2 Å². The van der Waals surface area contributed by atoms with Crippen LogP contribution in [-0.4, -0.2) is 32.4 Å². The SMILES string of the molecule is COCC1(C(N)=S)C(c2cccc(F)c2)C1S(=O)(=O)c1ccc(C)cc1. The largest absolute Gasteiger partial charge is 0.393 e. The molecule has 3 unspecified atom stereocenters. The van der Waals surface area contributed by atoms with Crippen molar-refractivity contribution in [2.45, 2.75) is 23.0 Å². The normalized spacial score (nSPS) is 25.0. The van der Waals surface area contributed by atoms with E-state index in [1.54, 1.807) is 36.4 Å². The quantitative estimate of drug-likeness (QED) is 0.764. The average molecular weight is 394 g/mol. The minimum absolute atomic E-state index is 0.0548. The van der Waals surface area contributed by atoms with Crippen LogP contribution in [0.4, 0.5) is 4.39 Å². The monoisotopic (exact) mass is 393 g/mol. The number of nitrogens with two attached hydrogens (primary N) is 1. The van der Waals surface area contributed by atoms with Gasteiger partial charge in [0.05, 0.1) is 27.2 Å². The molecule has 138 valence electrons. The summed E-state index contributed by atoms with van der Waals surface area (Å²) >= 11 is 5.23. The summed E-state index contributed by atoms with van der Waals surface area (Å²) in [5.74, 6) is -0.989. The van der Waals surface area contributed by atoms with E-state index in [1.807, 2.05) is 6.92 Å². The first-order valence-electron chi connectivity index (χ1n) is 8.10. The summed E-state index contributed by atoms with van der Waals surface area (Å²) in [6, 6.07) is 12.5. The van der Waals surface area contributed by atoms with E-state index in [2.05, 4.69) is 0 Å². The van der Waals surface area contributed by atoms with Gasteiger partial charge >= 0.3 is 0 Å². The summed E-state index contributed by atoms with van der Waals surface area (Å²) in [6.45, 7) is 1.94. The zero-order valence-electron chi connectivity index (χ0n) is 14.5. The molecule has 3 atom stereocenters. The number of hydrogen-bond donors (Lipinski definition) is 1. The standard InChI is InChI=1S/C19H20FNO3S2/c1-12-6-8-15(9-7-12)26(22,23)17-16(13-4-3-5-14(20)10-13)19(17,11-24-2)18(21)25/h3-10,16-17H,11H2,1-2H3,(H2,21,25). The van der Waals surface area contributed by atoms with Crippen LogP contribution in [0.3, 0.4) is 0 Å². The predicted molar refractivity (Wildman–Crippen MR) is 102 cm³/mol. The van der Waals surface area contributed by atoms with E-state index in [0.29, 0.717) is 5.56 Å². The fourth-order valence-electron chi connectivity index (χ4n) is 3.68. The molecule has 2 aromatic rings. The maximum atomic E-state index is 13.7. The van der Waals surface area contributed by atoms with Crippen molar-refractivity contribution < 1.29 is 17.5 Å². The van der Waals surface area contributed by atoms with Gasteiger partial charge in [0.1, 0.15) is 5.82 Å². The lowest BCUT2D eigenvalue weighted by Crippen LogP contribution is -2.33. The van der Waals surface area contributed by atoms with Crippen molar-refractivity contribution in [2.75, 3.05) is 13.7 Å². The molecule has 2 N–H and O–H groups in total. The van der Waals surface area contributed by atoms with Gasteiger partial charge in [-0.05, 0) is 36.8 Å². The van der Waals surface area contributed by atoms with Crippen molar-refractivity contribution in [1.29, 1.82) is 0 Å². The Morgan fingerprint density at radius 3 is 2.46 bits per heavy atom. The molecule has 0 aromatic heterocycles. The van der Waals surface area contributed by atoms with Crippen molar-refractivity contribution in [3.63, 3.8) is 0 Å². The number of sulfone groups is 1. The van der Waals surface area contributed by atoms with E-state index in [4.69, 9.17) is 22.7 Å². The molecular formula is C19H20FNO3S2. The first kappa shape index (κ1) is 18.9. The Morgan fingerprint density at radius 1 is 1.27 bits per heavy atom. The number of ether oxygens (including phenoxy) is 1. The highest BCUT2D eigenvalue weighted by Gasteiger charge is 2.73. The third-order valence-corrected chi connectivity index (χ3v) is 7.66. The van der Waals surface area contributed by atoms with Gasteiger partial charge in [0.15, 0.2) is 9.84 Å². The third-order valence-electron chi connectivity index (χ3n) is 4.99.